The van der Waals surface area contributed by atoms with Crippen molar-refractivity contribution in [2.45, 2.75) is 39.3 Å². The van der Waals surface area contributed by atoms with E-state index in [1.165, 1.54) is 0 Å². The maximum absolute atomic E-state index is 11.1. The Labute approximate surface area is 101 Å². The Kier molecular flexibility index (Phi) is 5.03. The van der Waals surface area contributed by atoms with Crippen LogP contribution in [-0.4, -0.2) is 27.1 Å². The molecule has 5 heteroatoms. The van der Waals surface area contributed by atoms with Gasteiger partial charge in [-0.3, -0.25) is 20.1 Å². The van der Waals surface area contributed by atoms with Crippen molar-refractivity contribution in [2.75, 3.05) is 0 Å². The predicted molar refractivity (Wildman–Crippen MR) is 64.5 cm³/mol. The second-order valence-electron chi connectivity index (χ2n) is 4.54. The highest BCUT2D eigenvalue weighted by molar-refractivity contribution is 5.73. The average molecular weight is 237 g/mol. The highest BCUT2D eigenvalue weighted by atomic mass is 16.4. The summed E-state index contributed by atoms with van der Waals surface area (Å²) in [7, 11) is 0. The molecule has 2 atom stereocenters. The third-order valence-electron chi connectivity index (χ3n) is 2.48. The zero-order valence-electron chi connectivity index (χ0n) is 10.4. The minimum absolute atomic E-state index is 0.122. The first-order valence-electron chi connectivity index (χ1n) is 5.75. The van der Waals surface area contributed by atoms with Gasteiger partial charge >= 0.3 is 5.97 Å². The highest BCUT2D eigenvalue weighted by Gasteiger charge is 2.21. The number of hydrogen-bond acceptors (Lipinski definition) is 4. The molecule has 0 aromatic carbocycles. The lowest BCUT2D eigenvalue weighted by molar-refractivity contribution is -0.140. The normalized spacial score (nSPS) is 14.6. The first-order chi connectivity index (χ1) is 8.00. The van der Waals surface area contributed by atoms with E-state index in [1.807, 2.05) is 20.8 Å². The van der Waals surface area contributed by atoms with E-state index < -0.39 is 12.0 Å². The van der Waals surface area contributed by atoms with Gasteiger partial charge in [-0.2, -0.15) is 0 Å². The summed E-state index contributed by atoms with van der Waals surface area (Å²) in [5.74, 6) is -0.493. The third-order valence-corrected chi connectivity index (χ3v) is 2.48. The number of nitrogens with one attached hydrogen (secondary N) is 1. The molecule has 0 saturated carbocycles. The number of carboxylic acids is 1. The molecule has 0 aliphatic rings. The fourth-order valence-electron chi connectivity index (χ4n) is 1.63. The van der Waals surface area contributed by atoms with Crippen LogP contribution in [0.5, 0.6) is 0 Å². The molecule has 1 heterocycles. The minimum atomic E-state index is -0.825. The molecule has 0 spiro atoms. The molecule has 0 saturated heterocycles. The maximum Gasteiger partial charge on any atom is 0.320 e. The number of nitrogens with zero attached hydrogens (tertiary/aromatic N) is 2. The summed E-state index contributed by atoms with van der Waals surface area (Å²) >= 11 is 0. The molecule has 0 aliphatic heterocycles. The van der Waals surface area contributed by atoms with Crippen molar-refractivity contribution < 1.29 is 9.90 Å². The summed E-state index contributed by atoms with van der Waals surface area (Å²) in [4.78, 5) is 19.2. The molecule has 0 amide bonds. The summed E-state index contributed by atoms with van der Waals surface area (Å²) in [6, 6.07) is -0.671. The predicted octanol–water partition coefficient (Wildman–Crippen LogP) is 1.63. The fourth-order valence-corrected chi connectivity index (χ4v) is 1.63. The summed E-state index contributed by atoms with van der Waals surface area (Å²) in [5.41, 5.74) is 0.752. The van der Waals surface area contributed by atoms with Crippen molar-refractivity contribution in [3.8, 4) is 0 Å². The third kappa shape index (κ3) is 4.48. The Hall–Kier alpha value is -1.49. The molecule has 2 unspecified atom stereocenters. The number of aromatic nitrogens is 2. The van der Waals surface area contributed by atoms with Gasteiger partial charge in [-0.05, 0) is 19.3 Å². The monoisotopic (exact) mass is 237 g/mol. The lowest BCUT2D eigenvalue weighted by atomic mass is 10.0. The smallest absolute Gasteiger partial charge is 0.320 e. The zero-order valence-corrected chi connectivity index (χ0v) is 10.4. The molecule has 94 valence electrons. The van der Waals surface area contributed by atoms with Gasteiger partial charge in [0.1, 0.15) is 6.04 Å². The van der Waals surface area contributed by atoms with Crippen LogP contribution in [-0.2, 0) is 4.79 Å². The van der Waals surface area contributed by atoms with Crippen molar-refractivity contribution in [2.24, 2.45) is 5.92 Å². The standard InChI is InChI=1S/C12H19N3O2/c1-8(2)6-10(12(16)17)15-9(3)11-7-13-4-5-14-11/h4-5,7-10,15H,6H2,1-3H3,(H,16,17). The summed E-state index contributed by atoms with van der Waals surface area (Å²) in [6.07, 6.45) is 5.44. The van der Waals surface area contributed by atoms with Gasteiger partial charge in [-0.15, -0.1) is 0 Å². The van der Waals surface area contributed by atoms with Gasteiger partial charge in [-0.25, -0.2) is 0 Å². The van der Waals surface area contributed by atoms with Crippen molar-refractivity contribution in [1.29, 1.82) is 0 Å². The van der Waals surface area contributed by atoms with Crippen molar-refractivity contribution in [3.63, 3.8) is 0 Å². The van der Waals surface area contributed by atoms with Crippen molar-refractivity contribution in [3.05, 3.63) is 24.3 Å². The second kappa shape index (κ2) is 6.30. The number of rotatable bonds is 6. The van der Waals surface area contributed by atoms with Crippen LogP contribution in [0.15, 0.2) is 18.6 Å². The second-order valence-corrected chi connectivity index (χ2v) is 4.54. The van der Waals surface area contributed by atoms with Gasteiger partial charge in [0.2, 0.25) is 0 Å². The lowest BCUT2D eigenvalue weighted by Gasteiger charge is -2.20. The SMILES string of the molecule is CC(C)CC(NC(C)c1cnccn1)C(=O)O. The summed E-state index contributed by atoms with van der Waals surface area (Å²) < 4.78 is 0. The molecule has 0 aliphatic carbocycles. The molecule has 0 radical (unpaired) electrons. The highest BCUT2D eigenvalue weighted by Crippen LogP contribution is 2.12. The Bertz CT molecular complexity index is 354. The van der Waals surface area contributed by atoms with Crippen LogP contribution in [0, 0.1) is 5.92 Å². The number of carboxylic acid groups (broad SMARTS) is 1. The maximum atomic E-state index is 11.1. The van der Waals surface area contributed by atoms with E-state index in [0.29, 0.717) is 12.3 Å². The first-order valence-corrected chi connectivity index (χ1v) is 5.75. The first kappa shape index (κ1) is 13.6. The summed E-state index contributed by atoms with van der Waals surface area (Å²) in [5, 5.41) is 12.2. The van der Waals surface area contributed by atoms with E-state index >= 15 is 0 Å². The largest absolute Gasteiger partial charge is 0.480 e. The Morgan fingerprint density at radius 3 is 2.59 bits per heavy atom. The van der Waals surface area contributed by atoms with Crippen molar-refractivity contribution in [1.82, 2.24) is 15.3 Å². The van der Waals surface area contributed by atoms with Gasteiger partial charge in [0.05, 0.1) is 5.69 Å². The lowest BCUT2D eigenvalue weighted by Crippen LogP contribution is -2.39. The van der Waals surface area contributed by atoms with Crippen LogP contribution in [0.25, 0.3) is 0 Å². The van der Waals surface area contributed by atoms with Gasteiger partial charge < -0.3 is 5.11 Å². The molecule has 2 N–H and O–H groups in total. The molecule has 17 heavy (non-hydrogen) atoms. The van der Waals surface area contributed by atoms with Crippen LogP contribution in [0.3, 0.4) is 0 Å². The van der Waals surface area contributed by atoms with Crippen LogP contribution in [0.4, 0.5) is 0 Å². The molecular weight excluding hydrogens is 218 g/mol. The molecule has 0 bridgehead atoms. The minimum Gasteiger partial charge on any atom is -0.480 e. The Balaban J connectivity index is 2.64. The van der Waals surface area contributed by atoms with E-state index in [9.17, 15) is 4.79 Å². The summed E-state index contributed by atoms with van der Waals surface area (Å²) in [6.45, 7) is 5.90. The van der Waals surface area contributed by atoms with E-state index in [2.05, 4.69) is 15.3 Å². The van der Waals surface area contributed by atoms with Crippen molar-refractivity contribution >= 4 is 5.97 Å². The van der Waals surface area contributed by atoms with E-state index in [4.69, 9.17) is 5.11 Å². The molecule has 1 rings (SSSR count). The van der Waals surface area contributed by atoms with E-state index in [-0.39, 0.29) is 6.04 Å². The van der Waals surface area contributed by atoms with E-state index in [1.54, 1.807) is 18.6 Å². The van der Waals surface area contributed by atoms with E-state index in [0.717, 1.165) is 5.69 Å². The van der Waals surface area contributed by atoms with Crippen LogP contribution in [0.2, 0.25) is 0 Å². The molecule has 0 fully saturated rings. The van der Waals surface area contributed by atoms with Crippen LogP contribution < -0.4 is 5.32 Å². The molecule has 5 nitrogen and oxygen atoms in total. The topological polar surface area (TPSA) is 75.1 Å². The number of aliphatic carboxylic acids is 1. The van der Waals surface area contributed by atoms with Crippen LogP contribution in [0.1, 0.15) is 38.9 Å². The number of hydrogen-bond donors (Lipinski definition) is 2. The molecule has 1 aromatic rings. The van der Waals surface area contributed by atoms with Gasteiger partial charge in [0.25, 0.3) is 0 Å². The van der Waals surface area contributed by atoms with Gasteiger partial charge in [0, 0.05) is 24.6 Å². The molecular formula is C12H19N3O2. The van der Waals surface area contributed by atoms with Crippen LogP contribution >= 0.6 is 0 Å². The zero-order chi connectivity index (χ0) is 12.8. The van der Waals surface area contributed by atoms with Gasteiger partial charge in [-0.1, -0.05) is 13.8 Å². The fraction of sp³-hybridized carbons (Fsp3) is 0.583. The number of carbonyl (C=O) groups is 1. The Morgan fingerprint density at radius 2 is 2.12 bits per heavy atom. The van der Waals surface area contributed by atoms with Gasteiger partial charge in [0.15, 0.2) is 0 Å². The quantitative estimate of drug-likeness (QED) is 0.786. The molecule has 1 aromatic heterocycles. The Morgan fingerprint density at radius 1 is 1.41 bits per heavy atom. The average Bonchev–Trinajstić information content (AvgIpc) is 2.28.